The molecule has 0 heterocycles. The van der Waals surface area contributed by atoms with Crippen LogP contribution >= 0.6 is 0 Å². The van der Waals surface area contributed by atoms with Crippen LogP contribution in [0.3, 0.4) is 0 Å². The van der Waals surface area contributed by atoms with Gasteiger partial charge in [-0.15, -0.1) is 0 Å². The fourth-order valence-electron chi connectivity index (χ4n) is 0.967. The SMILES string of the molecule is COC(=O)Nc1cccc(NC(=O)O)c1. The van der Waals surface area contributed by atoms with Crippen LogP contribution in [0.1, 0.15) is 0 Å². The number of benzene rings is 1. The number of carboxylic acid groups (broad SMARTS) is 1. The van der Waals surface area contributed by atoms with Gasteiger partial charge in [0.15, 0.2) is 0 Å². The van der Waals surface area contributed by atoms with Gasteiger partial charge < -0.3 is 9.84 Å². The molecule has 2 amide bonds. The lowest BCUT2D eigenvalue weighted by molar-refractivity contribution is 0.187. The molecule has 0 atom stereocenters. The second-order valence-electron chi connectivity index (χ2n) is 2.63. The Kier molecular flexibility index (Phi) is 3.50. The molecular weight excluding hydrogens is 200 g/mol. The van der Waals surface area contributed by atoms with Gasteiger partial charge in [-0.05, 0) is 18.2 Å². The number of carbonyl (C=O) groups is 2. The third-order valence-electron chi connectivity index (χ3n) is 1.55. The van der Waals surface area contributed by atoms with E-state index in [1.54, 1.807) is 18.2 Å². The third-order valence-corrected chi connectivity index (χ3v) is 1.55. The minimum atomic E-state index is -1.16. The van der Waals surface area contributed by atoms with Gasteiger partial charge in [0.1, 0.15) is 0 Å². The van der Waals surface area contributed by atoms with Gasteiger partial charge in [0.05, 0.1) is 7.11 Å². The lowest BCUT2D eigenvalue weighted by Gasteiger charge is -2.05. The zero-order chi connectivity index (χ0) is 11.3. The predicted octanol–water partition coefficient (Wildman–Crippen LogP) is 1.95. The summed E-state index contributed by atoms with van der Waals surface area (Å²) in [5.41, 5.74) is 0.824. The monoisotopic (exact) mass is 210 g/mol. The molecule has 0 radical (unpaired) electrons. The zero-order valence-electron chi connectivity index (χ0n) is 7.98. The summed E-state index contributed by atoms with van der Waals surface area (Å²) in [6, 6.07) is 6.27. The second kappa shape index (κ2) is 4.85. The summed E-state index contributed by atoms with van der Waals surface area (Å²) in [5.74, 6) is 0. The molecule has 1 aromatic rings. The van der Waals surface area contributed by atoms with Crippen molar-refractivity contribution in [2.45, 2.75) is 0 Å². The van der Waals surface area contributed by atoms with E-state index in [0.29, 0.717) is 11.4 Å². The number of amides is 2. The number of rotatable bonds is 2. The van der Waals surface area contributed by atoms with Crippen molar-refractivity contribution in [2.24, 2.45) is 0 Å². The number of methoxy groups -OCH3 is 1. The predicted molar refractivity (Wildman–Crippen MR) is 54.1 cm³/mol. The molecule has 1 rings (SSSR count). The highest BCUT2D eigenvalue weighted by Crippen LogP contribution is 2.14. The minimum Gasteiger partial charge on any atom is -0.465 e. The number of nitrogens with one attached hydrogen (secondary N) is 2. The van der Waals surface area contributed by atoms with Crippen LogP contribution in [0, 0.1) is 0 Å². The highest BCUT2D eigenvalue weighted by molar-refractivity contribution is 5.87. The molecule has 0 unspecified atom stereocenters. The van der Waals surface area contributed by atoms with E-state index in [1.807, 2.05) is 0 Å². The number of hydrogen-bond donors (Lipinski definition) is 3. The smallest absolute Gasteiger partial charge is 0.411 e. The Balaban J connectivity index is 2.74. The quantitative estimate of drug-likeness (QED) is 0.696. The molecule has 0 aliphatic rings. The largest absolute Gasteiger partial charge is 0.465 e. The first kappa shape index (κ1) is 10.8. The van der Waals surface area contributed by atoms with Gasteiger partial charge in [-0.2, -0.15) is 0 Å². The van der Waals surface area contributed by atoms with Crippen LogP contribution in [0.15, 0.2) is 24.3 Å². The Labute approximate surface area is 85.9 Å². The maximum atomic E-state index is 10.8. The molecule has 0 bridgehead atoms. The van der Waals surface area contributed by atoms with Gasteiger partial charge in [0, 0.05) is 11.4 Å². The van der Waals surface area contributed by atoms with Crippen molar-refractivity contribution in [3.63, 3.8) is 0 Å². The molecule has 0 aliphatic heterocycles. The summed E-state index contributed by atoms with van der Waals surface area (Å²) < 4.78 is 4.39. The molecule has 0 fully saturated rings. The lowest BCUT2D eigenvalue weighted by Crippen LogP contribution is -2.12. The van der Waals surface area contributed by atoms with E-state index in [0.717, 1.165) is 0 Å². The van der Waals surface area contributed by atoms with Gasteiger partial charge in [0.25, 0.3) is 0 Å². The molecule has 80 valence electrons. The molecule has 3 N–H and O–H groups in total. The standard InChI is InChI=1S/C9H10N2O4/c1-15-9(14)11-7-4-2-3-6(5-7)10-8(12)13/h2-5,10H,1H3,(H,11,14)(H,12,13). The maximum Gasteiger partial charge on any atom is 0.411 e. The molecule has 15 heavy (non-hydrogen) atoms. The van der Waals surface area contributed by atoms with Crippen LogP contribution in [0.4, 0.5) is 21.0 Å². The zero-order valence-corrected chi connectivity index (χ0v) is 7.98. The Morgan fingerprint density at radius 2 is 1.87 bits per heavy atom. The average Bonchev–Trinajstić information content (AvgIpc) is 2.17. The van der Waals surface area contributed by atoms with Gasteiger partial charge >= 0.3 is 12.2 Å². The van der Waals surface area contributed by atoms with Crippen LogP contribution < -0.4 is 10.6 Å². The molecule has 0 saturated heterocycles. The number of ether oxygens (including phenoxy) is 1. The van der Waals surface area contributed by atoms with Crippen LogP contribution in [0.2, 0.25) is 0 Å². The highest BCUT2D eigenvalue weighted by atomic mass is 16.5. The number of hydrogen-bond acceptors (Lipinski definition) is 3. The van der Waals surface area contributed by atoms with E-state index in [4.69, 9.17) is 5.11 Å². The Hall–Kier alpha value is -2.24. The van der Waals surface area contributed by atoms with E-state index in [9.17, 15) is 9.59 Å². The van der Waals surface area contributed by atoms with E-state index in [-0.39, 0.29) is 0 Å². The normalized spacial score (nSPS) is 9.13. The van der Waals surface area contributed by atoms with Gasteiger partial charge in [-0.3, -0.25) is 10.6 Å². The topological polar surface area (TPSA) is 87.7 Å². The molecule has 0 aliphatic carbocycles. The van der Waals surface area contributed by atoms with Crippen LogP contribution in [-0.4, -0.2) is 24.4 Å². The number of carbonyl (C=O) groups excluding carboxylic acids is 1. The van der Waals surface area contributed by atoms with Crippen molar-refractivity contribution in [3.05, 3.63) is 24.3 Å². The molecular formula is C9H10N2O4. The van der Waals surface area contributed by atoms with E-state index < -0.39 is 12.2 Å². The van der Waals surface area contributed by atoms with Crippen molar-refractivity contribution < 1.29 is 19.4 Å². The summed E-state index contributed by atoms with van der Waals surface area (Å²) in [6.45, 7) is 0. The molecule has 0 saturated carbocycles. The van der Waals surface area contributed by atoms with Gasteiger partial charge in [-0.1, -0.05) is 6.07 Å². The maximum absolute atomic E-state index is 10.8. The molecule has 6 nitrogen and oxygen atoms in total. The summed E-state index contributed by atoms with van der Waals surface area (Å²) in [7, 11) is 1.24. The average molecular weight is 210 g/mol. The first-order valence-corrected chi connectivity index (χ1v) is 4.07. The lowest BCUT2D eigenvalue weighted by atomic mass is 10.3. The van der Waals surface area contributed by atoms with Crippen molar-refractivity contribution in [3.8, 4) is 0 Å². The van der Waals surface area contributed by atoms with E-state index in [1.165, 1.54) is 13.2 Å². The highest BCUT2D eigenvalue weighted by Gasteiger charge is 2.02. The third kappa shape index (κ3) is 3.55. The van der Waals surface area contributed by atoms with Crippen LogP contribution in [-0.2, 0) is 4.74 Å². The van der Waals surface area contributed by atoms with Crippen molar-refractivity contribution in [1.29, 1.82) is 0 Å². The second-order valence-corrected chi connectivity index (χ2v) is 2.63. The van der Waals surface area contributed by atoms with E-state index >= 15 is 0 Å². The van der Waals surface area contributed by atoms with Crippen molar-refractivity contribution in [2.75, 3.05) is 17.7 Å². The van der Waals surface area contributed by atoms with Gasteiger partial charge in [0.2, 0.25) is 0 Å². The fraction of sp³-hybridized carbons (Fsp3) is 0.111. The molecule has 6 heteroatoms. The molecule has 1 aromatic carbocycles. The summed E-state index contributed by atoms with van der Waals surface area (Å²) in [5, 5.41) is 13.0. The Bertz CT molecular complexity index is 378. The Morgan fingerprint density at radius 1 is 1.27 bits per heavy atom. The summed E-state index contributed by atoms with van der Waals surface area (Å²) in [6.07, 6.45) is -1.77. The first-order valence-electron chi connectivity index (χ1n) is 4.07. The molecule has 0 spiro atoms. The van der Waals surface area contributed by atoms with Crippen molar-refractivity contribution in [1.82, 2.24) is 0 Å². The number of anilines is 2. The van der Waals surface area contributed by atoms with E-state index in [2.05, 4.69) is 15.4 Å². The summed E-state index contributed by atoms with van der Waals surface area (Å²) in [4.78, 5) is 21.2. The summed E-state index contributed by atoms with van der Waals surface area (Å²) >= 11 is 0. The minimum absolute atomic E-state index is 0.372. The fourth-order valence-corrected chi connectivity index (χ4v) is 0.967. The first-order chi connectivity index (χ1) is 7.11. The van der Waals surface area contributed by atoms with Crippen LogP contribution in [0.25, 0.3) is 0 Å². The van der Waals surface area contributed by atoms with Crippen molar-refractivity contribution >= 4 is 23.6 Å². The van der Waals surface area contributed by atoms with Crippen LogP contribution in [0.5, 0.6) is 0 Å². The molecule has 0 aromatic heterocycles. The Morgan fingerprint density at radius 3 is 2.40 bits per heavy atom. The van der Waals surface area contributed by atoms with Gasteiger partial charge in [-0.25, -0.2) is 9.59 Å².